The zero-order valence-corrected chi connectivity index (χ0v) is 12.4. The minimum absolute atomic E-state index is 0.180. The fourth-order valence-electron chi connectivity index (χ4n) is 3.58. The van der Waals surface area contributed by atoms with Crippen LogP contribution in [0.2, 0.25) is 0 Å². The molecule has 1 heterocycles. The molecule has 1 saturated heterocycles. The first kappa shape index (κ1) is 14.6. The number of nitrogens with zero attached hydrogens (tertiary/aromatic N) is 1. The van der Waals surface area contributed by atoms with Crippen molar-refractivity contribution >= 4 is 6.09 Å². The predicted molar refractivity (Wildman–Crippen MR) is 73.9 cm³/mol. The van der Waals surface area contributed by atoms with Crippen LogP contribution in [0, 0.1) is 11.8 Å². The quantitative estimate of drug-likeness (QED) is 0.796. The standard InChI is InChI=1S/C15H27NO3/c1-15(2,3)19-14(18)16-9-5-7-12-11(10-17)6-4-8-13(12)16/h11-13,17H,4-10H2,1-3H3/t11-,12-,13+/m0/s1. The molecule has 1 N–H and O–H groups in total. The van der Waals surface area contributed by atoms with Crippen molar-refractivity contribution in [3.05, 3.63) is 0 Å². The number of fused-ring (bicyclic) bond motifs is 1. The van der Waals surface area contributed by atoms with E-state index in [4.69, 9.17) is 4.74 Å². The second-order valence-corrected chi connectivity index (χ2v) is 6.92. The summed E-state index contributed by atoms with van der Waals surface area (Å²) in [4.78, 5) is 14.2. The molecular formula is C15H27NO3. The first-order valence-corrected chi connectivity index (χ1v) is 7.53. The van der Waals surface area contributed by atoms with Crippen molar-refractivity contribution in [2.24, 2.45) is 11.8 Å². The Morgan fingerprint density at radius 3 is 2.63 bits per heavy atom. The maximum atomic E-state index is 12.3. The van der Waals surface area contributed by atoms with Crippen LogP contribution in [0.15, 0.2) is 0 Å². The van der Waals surface area contributed by atoms with Crippen LogP contribution in [-0.4, -0.2) is 40.9 Å². The topological polar surface area (TPSA) is 49.8 Å². The number of rotatable bonds is 1. The number of aliphatic hydroxyl groups is 1. The van der Waals surface area contributed by atoms with Gasteiger partial charge in [0.15, 0.2) is 0 Å². The highest BCUT2D eigenvalue weighted by molar-refractivity contribution is 5.68. The molecule has 4 heteroatoms. The smallest absolute Gasteiger partial charge is 0.410 e. The van der Waals surface area contributed by atoms with Gasteiger partial charge in [-0.1, -0.05) is 6.42 Å². The molecule has 3 atom stereocenters. The Labute approximate surface area is 116 Å². The SMILES string of the molecule is CC(C)(C)OC(=O)N1CCC[C@H]2[C@H](CO)CCC[C@H]21. The van der Waals surface area contributed by atoms with E-state index in [-0.39, 0.29) is 18.7 Å². The van der Waals surface area contributed by atoms with Crippen molar-refractivity contribution in [3.8, 4) is 0 Å². The molecule has 2 aliphatic rings. The van der Waals surface area contributed by atoms with Gasteiger partial charge in [0.1, 0.15) is 5.60 Å². The molecule has 4 nitrogen and oxygen atoms in total. The number of hydrogen-bond acceptors (Lipinski definition) is 3. The van der Waals surface area contributed by atoms with Crippen LogP contribution in [0.4, 0.5) is 4.79 Å². The third-order valence-electron chi connectivity index (χ3n) is 4.37. The molecule has 0 bridgehead atoms. The van der Waals surface area contributed by atoms with Gasteiger partial charge in [-0.15, -0.1) is 0 Å². The molecular weight excluding hydrogens is 242 g/mol. The van der Waals surface area contributed by atoms with Gasteiger partial charge in [0.2, 0.25) is 0 Å². The first-order valence-electron chi connectivity index (χ1n) is 7.53. The zero-order chi connectivity index (χ0) is 14.0. The van der Waals surface area contributed by atoms with E-state index < -0.39 is 5.60 Å². The number of hydrogen-bond donors (Lipinski definition) is 1. The van der Waals surface area contributed by atoms with E-state index >= 15 is 0 Å². The number of carbonyl (C=O) groups is 1. The number of amides is 1. The second-order valence-electron chi connectivity index (χ2n) is 6.92. The van der Waals surface area contributed by atoms with Gasteiger partial charge in [-0.3, -0.25) is 0 Å². The summed E-state index contributed by atoms with van der Waals surface area (Å²) >= 11 is 0. The molecule has 2 rings (SSSR count). The molecule has 0 aromatic rings. The fourth-order valence-corrected chi connectivity index (χ4v) is 3.58. The lowest BCUT2D eigenvalue weighted by molar-refractivity contribution is -0.0251. The Hall–Kier alpha value is -0.770. The van der Waals surface area contributed by atoms with Crippen LogP contribution in [-0.2, 0) is 4.74 Å². The lowest BCUT2D eigenvalue weighted by Crippen LogP contribution is -2.53. The Morgan fingerprint density at radius 2 is 2.00 bits per heavy atom. The Bertz CT molecular complexity index is 324. The lowest BCUT2D eigenvalue weighted by Gasteiger charge is -2.47. The van der Waals surface area contributed by atoms with Gasteiger partial charge in [0.25, 0.3) is 0 Å². The predicted octanol–water partition coefficient (Wildman–Crippen LogP) is 2.79. The maximum absolute atomic E-state index is 12.3. The maximum Gasteiger partial charge on any atom is 0.410 e. The molecule has 19 heavy (non-hydrogen) atoms. The van der Waals surface area contributed by atoms with Crippen molar-refractivity contribution in [1.82, 2.24) is 4.90 Å². The number of likely N-dealkylation sites (tertiary alicyclic amines) is 1. The molecule has 0 aromatic heterocycles. The van der Waals surface area contributed by atoms with E-state index in [9.17, 15) is 9.90 Å². The molecule has 1 saturated carbocycles. The first-order chi connectivity index (χ1) is 8.92. The monoisotopic (exact) mass is 269 g/mol. The molecule has 0 unspecified atom stereocenters. The van der Waals surface area contributed by atoms with E-state index in [2.05, 4.69) is 0 Å². The second kappa shape index (κ2) is 5.70. The highest BCUT2D eigenvalue weighted by Gasteiger charge is 2.41. The fraction of sp³-hybridized carbons (Fsp3) is 0.933. The van der Waals surface area contributed by atoms with E-state index in [0.717, 1.165) is 38.6 Å². The van der Waals surface area contributed by atoms with Gasteiger partial charge in [0, 0.05) is 19.2 Å². The summed E-state index contributed by atoms with van der Waals surface area (Å²) in [6, 6.07) is 0.273. The van der Waals surface area contributed by atoms with Crippen LogP contribution in [0.25, 0.3) is 0 Å². The van der Waals surface area contributed by atoms with Crippen LogP contribution in [0.5, 0.6) is 0 Å². The number of aliphatic hydroxyl groups excluding tert-OH is 1. The van der Waals surface area contributed by atoms with Gasteiger partial charge in [-0.25, -0.2) is 4.79 Å². The Balaban J connectivity index is 2.06. The molecule has 0 aromatic carbocycles. The third kappa shape index (κ3) is 3.41. The Kier molecular flexibility index (Phi) is 4.39. The van der Waals surface area contributed by atoms with Crippen LogP contribution >= 0.6 is 0 Å². The number of carbonyl (C=O) groups excluding carboxylic acids is 1. The van der Waals surface area contributed by atoms with E-state index in [1.165, 1.54) is 0 Å². The van der Waals surface area contributed by atoms with Crippen LogP contribution < -0.4 is 0 Å². The zero-order valence-electron chi connectivity index (χ0n) is 12.4. The summed E-state index contributed by atoms with van der Waals surface area (Å²) in [7, 11) is 0. The largest absolute Gasteiger partial charge is 0.444 e. The number of piperidine rings is 1. The van der Waals surface area contributed by atoms with Crippen molar-refractivity contribution < 1.29 is 14.6 Å². The van der Waals surface area contributed by atoms with Gasteiger partial charge in [-0.05, 0) is 58.3 Å². The van der Waals surface area contributed by atoms with E-state index in [1.54, 1.807) is 0 Å². The van der Waals surface area contributed by atoms with Crippen molar-refractivity contribution in [2.75, 3.05) is 13.2 Å². The summed E-state index contributed by atoms with van der Waals surface area (Å²) in [5.74, 6) is 0.823. The molecule has 1 aliphatic carbocycles. The van der Waals surface area contributed by atoms with Gasteiger partial charge < -0.3 is 14.7 Å². The molecule has 2 fully saturated rings. The average molecular weight is 269 g/mol. The summed E-state index contributed by atoms with van der Waals surface area (Å²) in [6.07, 6.45) is 5.23. The average Bonchev–Trinajstić information content (AvgIpc) is 2.35. The highest BCUT2D eigenvalue weighted by Crippen LogP contribution is 2.39. The molecule has 0 radical (unpaired) electrons. The number of ether oxygens (including phenoxy) is 1. The van der Waals surface area contributed by atoms with Crippen LogP contribution in [0.3, 0.4) is 0 Å². The molecule has 1 aliphatic heterocycles. The molecule has 110 valence electrons. The summed E-state index contributed by atoms with van der Waals surface area (Å²) < 4.78 is 5.52. The van der Waals surface area contributed by atoms with Crippen LogP contribution in [0.1, 0.15) is 52.9 Å². The van der Waals surface area contributed by atoms with Gasteiger partial charge in [-0.2, -0.15) is 0 Å². The summed E-state index contributed by atoms with van der Waals surface area (Å²) in [5, 5.41) is 9.51. The summed E-state index contributed by atoms with van der Waals surface area (Å²) in [6.45, 7) is 6.77. The third-order valence-corrected chi connectivity index (χ3v) is 4.37. The van der Waals surface area contributed by atoms with Crippen molar-refractivity contribution in [3.63, 3.8) is 0 Å². The minimum Gasteiger partial charge on any atom is -0.444 e. The van der Waals surface area contributed by atoms with E-state index in [1.807, 2.05) is 25.7 Å². The van der Waals surface area contributed by atoms with Crippen molar-refractivity contribution in [1.29, 1.82) is 0 Å². The van der Waals surface area contributed by atoms with Gasteiger partial charge >= 0.3 is 6.09 Å². The Morgan fingerprint density at radius 1 is 1.26 bits per heavy atom. The molecule has 1 amide bonds. The van der Waals surface area contributed by atoms with E-state index in [0.29, 0.717) is 11.8 Å². The highest BCUT2D eigenvalue weighted by atomic mass is 16.6. The normalized spacial score (nSPS) is 31.8. The minimum atomic E-state index is -0.435. The summed E-state index contributed by atoms with van der Waals surface area (Å²) in [5.41, 5.74) is -0.435. The van der Waals surface area contributed by atoms with Crippen molar-refractivity contribution in [2.45, 2.75) is 64.5 Å². The lowest BCUT2D eigenvalue weighted by atomic mass is 9.71. The van der Waals surface area contributed by atoms with Gasteiger partial charge in [0.05, 0.1) is 0 Å². The molecule has 0 spiro atoms.